The first-order chi connectivity index (χ1) is 9.84. The van der Waals surface area contributed by atoms with Gasteiger partial charge in [0.15, 0.2) is 5.78 Å². The maximum Gasteiger partial charge on any atom is 0.197 e. The number of hydrogen-bond donors (Lipinski definition) is 0. The maximum absolute atomic E-state index is 12.9. The Kier molecular flexibility index (Phi) is 4.52. The molecule has 0 aromatic heterocycles. The first-order valence-electron chi connectivity index (χ1n) is 6.82. The normalized spacial score (nSPS) is 11.3. The lowest BCUT2D eigenvalue weighted by Gasteiger charge is -2.22. The first kappa shape index (κ1) is 15.8. The fourth-order valence-electron chi connectivity index (χ4n) is 2.34. The van der Waals surface area contributed by atoms with E-state index in [-0.39, 0.29) is 11.2 Å². The van der Waals surface area contributed by atoms with E-state index in [1.54, 1.807) is 19.2 Å². The molecule has 0 fully saturated rings. The van der Waals surface area contributed by atoms with Crippen molar-refractivity contribution in [3.05, 3.63) is 63.6 Å². The van der Waals surface area contributed by atoms with Gasteiger partial charge in [-0.1, -0.05) is 61.0 Å². The second-order valence-corrected chi connectivity index (χ2v) is 6.88. The van der Waals surface area contributed by atoms with Crippen molar-refractivity contribution in [1.29, 1.82) is 0 Å². The highest BCUT2D eigenvalue weighted by Gasteiger charge is 2.23. The van der Waals surface area contributed by atoms with Gasteiger partial charge in [0.05, 0.1) is 12.7 Å². The molecule has 21 heavy (non-hydrogen) atoms. The van der Waals surface area contributed by atoms with E-state index in [0.29, 0.717) is 11.3 Å². The molecule has 110 valence electrons. The van der Waals surface area contributed by atoms with Crippen LogP contribution in [0.15, 0.2) is 46.9 Å². The van der Waals surface area contributed by atoms with E-state index in [0.717, 1.165) is 15.6 Å². The summed E-state index contributed by atoms with van der Waals surface area (Å²) in [4.78, 5) is 12.9. The number of ketones is 1. The van der Waals surface area contributed by atoms with Gasteiger partial charge >= 0.3 is 0 Å². The molecule has 0 saturated carbocycles. The maximum atomic E-state index is 12.9. The smallest absolute Gasteiger partial charge is 0.197 e. The number of hydrogen-bond acceptors (Lipinski definition) is 2. The van der Waals surface area contributed by atoms with E-state index in [9.17, 15) is 4.79 Å². The lowest BCUT2D eigenvalue weighted by Crippen LogP contribution is -2.17. The lowest BCUT2D eigenvalue weighted by molar-refractivity contribution is 0.103. The number of halogens is 1. The fourth-order valence-corrected chi connectivity index (χ4v) is 2.70. The molecule has 0 radical (unpaired) electrons. The zero-order valence-corrected chi connectivity index (χ0v) is 14.3. The third kappa shape index (κ3) is 3.35. The molecule has 0 heterocycles. The quantitative estimate of drug-likeness (QED) is 0.732. The van der Waals surface area contributed by atoms with Crippen molar-refractivity contribution in [1.82, 2.24) is 0 Å². The SMILES string of the molecule is COc1ccc(Br)cc1C(=O)c1ccccc1C(C)(C)C. The summed E-state index contributed by atoms with van der Waals surface area (Å²) in [6.45, 7) is 6.33. The third-order valence-corrected chi connectivity index (χ3v) is 3.88. The highest BCUT2D eigenvalue weighted by atomic mass is 79.9. The van der Waals surface area contributed by atoms with Gasteiger partial charge in [-0.3, -0.25) is 4.79 Å². The predicted octanol–water partition coefficient (Wildman–Crippen LogP) is 4.99. The van der Waals surface area contributed by atoms with E-state index in [1.807, 2.05) is 30.3 Å². The molecule has 0 bridgehead atoms. The molecule has 0 aliphatic heterocycles. The minimum absolute atomic E-state index is 0.0151. The number of rotatable bonds is 3. The van der Waals surface area contributed by atoms with Crippen LogP contribution in [-0.2, 0) is 5.41 Å². The van der Waals surface area contributed by atoms with Gasteiger partial charge in [-0.15, -0.1) is 0 Å². The summed E-state index contributed by atoms with van der Waals surface area (Å²) in [7, 11) is 1.58. The molecule has 3 heteroatoms. The Morgan fingerprint density at radius 3 is 2.33 bits per heavy atom. The Labute approximate surface area is 134 Å². The molecule has 0 aliphatic rings. The Morgan fingerprint density at radius 2 is 1.71 bits per heavy atom. The van der Waals surface area contributed by atoms with Gasteiger partial charge < -0.3 is 4.74 Å². The number of ether oxygens (including phenoxy) is 1. The second-order valence-electron chi connectivity index (χ2n) is 5.97. The molecule has 2 rings (SSSR count). The van der Waals surface area contributed by atoms with E-state index in [2.05, 4.69) is 36.7 Å². The zero-order chi connectivity index (χ0) is 15.6. The van der Waals surface area contributed by atoms with Crippen molar-refractivity contribution in [3.8, 4) is 5.75 Å². The largest absolute Gasteiger partial charge is 0.496 e. The van der Waals surface area contributed by atoms with Gasteiger partial charge in [0.2, 0.25) is 0 Å². The number of carbonyl (C=O) groups is 1. The Hall–Kier alpha value is -1.61. The molecule has 0 N–H and O–H groups in total. The Morgan fingerprint density at radius 1 is 1.05 bits per heavy atom. The molecule has 0 atom stereocenters. The summed E-state index contributed by atoms with van der Waals surface area (Å²) in [6.07, 6.45) is 0. The summed E-state index contributed by atoms with van der Waals surface area (Å²) in [5.74, 6) is 0.575. The van der Waals surface area contributed by atoms with E-state index in [1.165, 1.54) is 0 Å². The van der Waals surface area contributed by atoms with Crippen LogP contribution in [0.1, 0.15) is 42.3 Å². The van der Waals surface area contributed by atoms with Gasteiger partial charge in [0.1, 0.15) is 5.75 Å². The van der Waals surface area contributed by atoms with Crippen molar-refractivity contribution < 1.29 is 9.53 Å². The summed E-state index contributed by atoms with van der Waals surface area (Å²) < 4.78 is 6.19. The molecule has 0 amide bonds. The van der Waals surface area contributed by atoms with Gasteiger partial charge in [-0.25, -0.2) is 0 Å². The molecule has 2 aromatic carbocycles. The molecule has 2 nitrogen and oxygen atoms in total. The number of carbonyl (C=O) groups excluding carboxylic acids is 1. The zero-order valence-electron chi connectivity index (χ0n) is 12.7. The second kappa shape index (κ2) is 6.02. The highest BCUT2D eigenvalue weighted by Crippen LogP contribution is 2.31. The van der Waals surface area contributed by atoms with Crippen molar-refractivity contribution in [2.75, 3.05) is 7.11 Å². The molecule has 0 spiro atoms. The van der Waals surface area contributed by atoms with Crippen LogP contribution >= 0.6 is 15.9 Å². The van der Waals surface area contributed by atoms with Crippen LogP contribution in [-0.4, -0.2) is 12.9 Å². The van der Waals surface area contributed by atoms with Crippen molar-refractivity contribution >= 4 is 21.7 Å². The van der Waals surface area contributed by atoms with Crippen molar-refractivity contribution in [2.45, 2.75) is 26.2 Å². The monoisotopic (exact) mass is 346 g/mol. The van der Waals surface area contributed by atoms with E-state index in [4.69, 9.17) is 4.74 Å². The van der Waals surface area contributed by atoms with Gasteiger partial charge in [0.25, 0.3) is 0 Å². The molecule has 0 aliphatic carbocycles. The third-order valence-electron chi connectivity index (χ3n) is 3.39. The summed E-state index contributed by atoms with van der Waals surface area (Å²) in [5, 5.41) is 0. The Balaban J connectivity index is 2.59. The van der Waals surface area contributed by atoms with Gasteiger partial charge in [-0.2, -0.15) is 0 Å². The molecule has 0 saturated heterocycles. The minimum atomic E-state index is -0.0918. The van der Waals surface area contributed by atoms with Crippen molar-refractivity contribution in [3.63, 3.8) is 0 Å². The molecule has 2 aromatic rings. The van der Waals surface area contributed by atoms with Crippen LogP contribution in [0.3, 0.4) is 0 Å². The lowest BCUT2D eigenvalue weighted by atomic mass is 9.82. The summed E-state index contributed by atoms with van der Waals surface area (Å²) >= 11 is 3.42. The number of methoxy groups -OCH3 is 1. The highest BCUT2D eigenvalue weighted by molar-refractivity contribution is 9.10. The summed E-state index contributed by atoms with van der Waals surface area (Å²) in [5.41, 5.74) is 2.24. The average Bonchev–Trinajstić information content (AvgIpc) is 2.45. The predicted molar refractivity (Wildman–Crippen MR) is 89.3 cm³/mol. The Bertz CT molecular complexity index is 669. The topological polar surface area (TPSA) is 26.3 Å². The summed E-state index contributed by atoms with van der Waals surface area (Å²) in [6, 6.07) is 13.2. The minimum Gasteiger partial charge on any atom is -0.496 e. The molecule has 0 unspecified atom stereocenters. The average molecular weight is 347 g/mol. The molecular formula is C18H19BrO2. The van der Waals surface area contributed by atoms with Crippen LogP contribution in [0.2, 0.25) is 0 Å². The van der Waals surface area contributed by atoms with Gasteiger partial charge in [0, 0.05) is 10.0 Å². The molecular weight excluding hydrogens is 328 g/mol. The van der Waals surface area contributed by atoms with E-state index < -0.39 is 0 Å². The standard InChI is InChI=1S/C18H19BrO2/c1-18(2,3)15-8-6-5-7-13(15)17(20)14-11-12(19)9-10-16(14)21-4/h5-11H,1-4H3. The van der Waals surface area contributed by atoms with Crippen molar-refractivity contribution in [2.24, 2.45) is 0 Å². The van der Waals surface area contributed by atoms with Crippen LogP contribution in [0.5, 0.6) is 5.75 Å². The van der Waals surface area contributed by atoms with Gasteiger partial charge in [-0.05, 0) is 29.2 Å². The first-order valence-corrected chi connectivity index (χ1v) is 7.61. The fraction of sp³-hybridized carbons (Fsp3) is 0.278. The van der Waals surface area contributed by atoms with Crippen LogP contribution in [0.4, 0.5) is 0 Å². The van der Waals surface area contributed by atoms with Crippen LogP contribution in [0, 0.1) is 0 Å². The van der Waals surface area contributed by atoms with Crippen LogP contribution < -0.4 is 4.74 Å². The van der Waals surface area contributed by atoms with E-state index >= 15 is 0 Å². The number of benzene rings is 2. The van der Waals surface area contributed by atoms with Crippen LogP contribution in [0.25, 0.3) is 0 Å².